The van der Waals surface area contributed by atoms with Crippen LogP contribution >= 0.6 is 34.8 Å². The molecule has 1 heterocycles. The summed E-state index contributed by atoms with van der Waals surface area (Å²) >= 11 is 18.1. The Labute approximate surface area is 150 Å². The highest BCUT2D eigenvalue weighted by atomic mass is 35.5. The van der Waals surface area contributed by atoms with Gasteiger partial charge in [-0.25, -0.2) is 4.39 Å². The fourth-order valence-electron chi connectivity index (χ4n) is 2.75. The molecule has 0 N–H and O–H groups in total. The van der Waals surface area contributed by atoms with Gasteiger partial charge in [0.05, 0.1) is 10.0 Å². The first-order chi connectivity index (χ1) is 11.0. The summed E-state index contributed by atoms with van der Waals surface area (Å²) in [6, 6.07) is 10.5. The highest BCUT2D eigenvalue weighted by Gasteiger charge is 2.20. The van der Waals surface area contributed by atoms with Crippen molar-refractivity contribution in [2.45, 2.75) is 6.54 Å². The van der Waals surface area contributed by atoms with Crippen LogP contribution in [0.2, 0.25) is 15.1 Å². The van der Waals surface area contributed by atoms with Gasteiger partial charge in [-0.3, -0.25) is 4.90 Å². The first-order valence-corrected chi connectivity index (χ1v) is 8.53. The predicted molar refractivity (Wildman–Crippen MR) is 95.4 cm³/mol. The summed E-state index contributed by atoms with van der Waals surface area (Å²) in [5, 5.41) is 1.60. The van der Waals surface area contributed by atoms with E-state index in [1.807, 2.05) is 18.2 Å². The van der Waals surface area contributed by atoms with E-state index in [4.69, 9.17) is 34.8 Å². The van der Waals surface area contributed by atoms with Crippen molar-refractivity contribution in [1.82, 2.24) is 4.90 Å². The molecule has 6 heteroatoms. The molecule has 122 valence electrons. The molecule has 0 unspecified atom stereocenters. The summed E-state index contributed by atoms with van der Waals surface area (Å²) in [6.07, 6.45) is 0. The third-order valence-corrected chi connectivity index (χ3v) is 5.18. The Balaban J connectivity index is 1.63. The quantitative estimate of drug-likeness (QED) is 0.738. The van der Waals surface area contributed by atoms with Gasteiger partial charge in [0.2, 0.25) is 0 Å². The van der Waals surface area contributed by atoms with Crippen molar-refractivity contribution >= 4 is 40.5 Å². The number of piperazine rings is 1. The normalized spacial score (nSPS) is 15.9. The first kappa shape index (κ1) is 16.8. The summed E-state index contributed by atoms with van der Waals surface area (Å²) in [7, 11) is 0. The molecule has 1 saturated heterocycles. The summed E-state index contributed by atoms with van der Waals surface area (Å²) in [5.74, 6) is -0.246. The minimum atomic E-state index is -0.246. The van der Waals surface area contributed by atoms with Crippen LogP contribution in [0.4, 0.5) is 10.1 Å². The van der Waals surface area contributed by atoms with Crippen molar-refractivity contribution in [3.63, 3.8) is 0 Å². The van der Waals surface area contributed by atoms with Crippen LogP contribution in [0.1, 0.15) is 5.56 Å². The van der Waals surface area contributed by atoms with E-state index in [0.717, 1.165) is 31.9 Å². The van der Waals surface area contributed by atoms with E-state index in [1.165, 1.54) is 6.07 Å². The van der Waals surface area contributed by atoms with Crippen molar-refractivity contribution in [3.8, 4) is 0 Å². The average molecular weight is 374 g/mol. The lowest BCUT2D eigenvalue weighted by Crippen LogP contribution is -2.46. The Morgan fingerprint density at radius 3 is 2.26 bits per heavy atom. The Bertz CT molecular complexity index is 680. The molecule has 0 atom stereocenters. The van der Waals surface area contributed by atoms with E-state index in [9.17, 15) is 4.39 Å². The number of halogens is 4. The second-order valence-electron chi connectivity index (χ2n) is 5.56. The minimum Gasteiger partial charge on any atom is -0.369 e. The predicted octanol–water partition coefficient (Wildman–Crippen LogP) is 5.11. The van der Waals surface area contributed by atoms with E-state index < -0.39 is 0 Å². The molecular weight excluding hydrogens is 358 g/mol. The molecule has 2 aromatic carbocycles. The van der Waals surface area contributed by atoms with E-state index in [2.05, 4.69) is 9.80 Å². The topological polar surface area (TPSA) is 6.48 Å². The number of anilines is 1. The average Bonchev–Trinajstić information content (AvgIpc) is 2.54. The lowest BCUT2D eigenvalue weighted by atomic mass is 10.1. The van der Waals surface area contributed by atoms with Gasteiger partial charge in [0, 0.05) is 49.0 Å². The largest absolute Gasteiger partial charge is 0.369 e. The van der Waals surface area contributed by atoms with Crippen LogP contribution in [0, 0.1) is 5.82 Å². The van der Waals surface area contributed by atoms with Gasteiger partial charge >= 0.3 is 0 Å². The molecule has 0 aliphatic carbocycles. The Hall–Kier alpha value is -1.000. The summed E-state index contributed by atoms with van der Waals surface area (Å²) < 4.78 is 13.9. The van der Waals surface area contributed by atoms with Crippen molar-refractivity contribution in [2.75, 3.05) is 31.1 Å². The molecule has 3 rings (SSSR count). The number of hydrogen-bond acceptors (Lipinski definition) is 2. The number of benzene rings is 2. The van der Waals surface area contributed by atoms with Gasteiger partial charge in [-0.2, -0.15) is 0 Å². The van der Waals surface area contributed by atoms with Crippen LogP contribution in [-0.2, 0) is 6.54 Å². The smallest absolute Gasteiger partial charge is 0.129 e. The first-order valence-electron chi connectivity index (χ1n) is 7.40. The molecule has 0 radical (unpaired) electrons. The molecule has 1 aliphatic rings. The van der Waals surface area contributed by atoms with E-state index >= 15 is 0 Å². The number of hydrogen-bond donors (Lipinski definition) is 0. The number of nitrogens with zero attached hydrogens (tertiary/aromatic N) is 2. The molecule has 1 fully saturated rings. The molecule has 0 saturated carbocycles. The third-order valence-electron chi connectivity index (χ3n) is 4.08. The molecule has 0 spiro atoms. The van der Waals surface area contributed by atoms with Crippen LogP contribution < -0.4 is 4.90 Å². The maximum absolute atomic E-state index is 13.9. The Morgan fingerprint density at radius 2 is 1.61 bits per heavy atom. The standard InChI is InChI=1S/C17H16Cl3FN2/c18-14-2-1-3-17(21)13(14)11-22-6-8-23(9-7-22)12-4-5-15(19)16(20)10-12/h1-5,10H,6-9,11H2. The van der Waals surface area contributed by atoms with Gasteiger partial charge in [0.15, 0.2) is 0 Å². The highest BCUT2D eigenvalue weighted by molar-refractivity contribution is 6.42. The van der Waals surface area contributed by atoms with Crippen LogP contribution in [-0.4, -0.2) is 31.1 Å². The fourth-order valence-corrected chi connectivity index (χ4v) is 3.27. The van der Waals surface area contributed by atoms with E-state index in [-0.39, 0.29) is 5.82 Å². The molecule has 0 aromatic heterocycles. The van der Waals surface area contributed by atoms with Gasteiger partial charge in [-0.15, -0.1) is 0 Å². The number of rotatable bonds is 3. The van der Waals surface area contributed by atoms with Crippen LogP contribution in [0.15, 0.2) is 36.4 Å². The minimum absolute atomic E-state index is 0.246. The van der Waals surface area contributed by atoms with E-state index in [1.54, 1.807) is 12.1 Å². The Kier molecular flexibility index (Phi) is 5.32. The van der Waals surface area contributed by atoms with Crippen LogP contribution in [0.25, 0.3) is 0 Å². The zero-order chi connectivity index (χ0) is 16.4. The van der Waals surface area contributed by atoms with Crippen molar-refractivity contribution < 1.29 is 4.39 Å². The maximum atomic E-state index is 13.9. The van der Waals surface area contributed by atoms with E-state index in [0.29, 0.717) is 27.2 Å². The van der Waals surface area contributed by atoms with Gasteiger partial charge in [0.1, 0.15) is 5.82 Å². The second kappa shape index (κ2) is 7.27. The fraction of sp³-hybridized carbons (Fsp3) is 0.294. The molecule has 23 heavy (non-hydrogen) atoms. The molecular formula is C17H16Cl3FN2. The Morgan fingerprint density at radius 1 is 0.870 bits per heavy atom. The molecule has 1 aliphatic heterocycles. The lowest BCUT2D eigenvalue weighted by molar-refractivity contribution is 0.246. The zero-order valence-corrected chi connectivity index (χ0v) is 14.7. The van der Waals surface area contributed by atoms with Crippen molar-refractivity contribution in [2.24, 2.45) is 0 Å². The molecule has 0 amide bonds. The zero-order valence-electron chi connectivity index (χ0n) is 12.4. The lowest BCUT2D eigenvalue weighted by Gasteiger charge is -2.36. The third kappa shape index (κ3) is 3.92. The van der Waals surface area contributed by atoms with Crippen molar-refractivity contribution in [1.29, 1.82) is 0 Å². The van der Waals surface area contributed by atoms with Gasteiger partial charge in [0.25, 0.3) is 0 Å². The maximum Gasteiger partial charge on any atom is 0.129 e. The second-order valence-corrected chi connectivity index (χ2v) is 6.78. The van der Waals surface area contributed by atoms with Gasteiger partial charge in [-0.05, 0) is 30.3 Å². The van der Waals surface area contributed by atoms with Crippen molar-refractivity contribution in [3.05, 3.63) is 62.8 Å². The van der Waals surface area contributed by atoms with Gasteiger partial charge < -0.3 is 4.90 Å². The molecule has 2 aromatic rings. The summed E-state index contributed by atoms with van der Waals surface area (Å²) in [5.41, 5.74) is 1.63. The van der Waals surface area contributed by atoms with Gasteiger partial charge in [-0.1, -0.05) is 40.9 Å². The summed E-state index contributed by atoms with van der Waals surface area (Å²) in [6.45, 7) is 3.91. The van der Waals surface area contributed by atoms with Crippen LogP contribution in [0.5, 0.6) is 0 Å². The highest BCUT2D eigenvalue weighted by Crippen LogP contribution is 2.28. The van der Waals surface area contributed by atoms with Crippen LogP contribution in [0.3, 0.4) is 0 Å². The molecule has 2 nitrogen and oxygen atoms in total. The SMILES string of the molecule is Fc1cccc(Cl)c1CN1CCN(c2ccc(Cl)c(Cl)c2)CC1. The summed E-state index contributed by atoms with van der Waals surface area (Å²) in [4.78, 5) is 4.46. The molecule has 0 bridgehead atoms. The monoisotopic (exact) mass is 372 g/mol.